The van der Waals surface area contributed by atoms with Gasteiger partial charge in [0.05, 0.1) is 11.8 Å². The Bertz CT molecular complexity index is 723. The Morgan fingerprint density at radius 3 is 2.71 bits per heavy atom. The summed E-state index contributed by atoms with van der Waals surface area (Å²) in [7, 11) is 0. The lowest BCUT2D eigenvalue weighted by molar-refractivity contribution is 0.0756. The number of carbonyl (C=O) groups excluding carboxylic acids is 1. The number of amides is 1. The van der Waals surface area contributed by atoms with Crippen LogP contribution in [0.15, 0.2) is 42.7 Å². The smallest absolute Gasteiger partial charge is 0.256 e. The number of pyridine rings is 1. The third-order valence-electron chi connectivity index (χ3n) is 4.15. The summed E-state index contributed by atoms with van der Waals surface area (Å²) in [5.41, 5.74) is 0.921. The average molecular weight is 331 g/mol. The van der Waals surface area contributed by atoms with E-state index in [0.29, 0.717) is 26.2 Å². The van der Waals surface area contributed by atoms with Crippen molar-refractivity contribution < 1.29 is 13.6 Å². The predicted octanol–water partition coefficient (Wildman–Crippen LogP) is 2.71. The Morgan fingerprint density at radius 2 is 1.92 bits per heavy atom. The molecule has 126 valence electrons. The zero-order chi connectivity index (χ0) is 16.9. The molecule has 0 atom stereocenters. The fourth-order valence-electron chi connectivity index (χ4n) is 2.94. The number of hydrogen-bond acceptors (Lipinski definition) is 3. The van der Waals surface area contributed by atoms with Gasteiger partial charge in [0.1, 0.15) is 11.6 Å². The number of nitrogens with zero attached hydrogens (tertiary/aromatic N) is 3. The van der Waals surface area contributed by atoms with Crippen molar-refractivity contribution in [1.82, 2.24) is 14.8 Å². The van der Waals surface area contributed by atoms with Gasteiger partial charge in [-0.05, 0) is 30.2 Å². The highest BCUT2D eigenvalue weighted by Gasteiger charge is 2.22. The first-order chi connectivity index (χ1) is 11.6. The van der Waals surface area contributed by atoms with Crippen molar-refractivity contribution in [1.29, 1.82) is 0 Å². The predicted molar refractivity (Wildman–Crippen MR) is 86.4 cm³/mol. The number of hydrogen-bond donors (Lipinski definition) is 0. The largest absolute Gasteiger partial charge is 0.337 e. The first-order valence-corrected chi connectivity index (χ1v) is 7.99. The molecule has 0 unspecified atom stereocenters. The molecule has 0 N–H and O–H groups in total. The van der Waals surface area contributed by atoms with E-state index in [-0.39, 0.29) is 17.3 Å². The molecule has 1 saturated heterocycles. The molecular formula is C18H19F2N3O. The highest BCUT2D eigenvalue weighted by atomic mass is 19.1. The van der Waals surface area contributed by atoms with Gasteiger partial charge in [0, 0.05) is 38.9 Å². The molecule has 0 spiro atoms. The lowest BCUT2D eigenvalue weighted by Crippen LogP contribution is -2.35. The van der Waals surface area contributed by atoms with Crippen molar-refractivity contribution in [3.8, 4) is 0 Å². The molecule has 4 nitrogen and oxygen atoms in total. The summed E-state index contributed by atoms with van der Waals surface area (Å²) in [6.45, 7) is 3.17. The normalized spacial score (nSPS) is 16.0. The van der Waals surface area contributed by atoms with Crippen LogP contribution in [0.4, 0.5) is 8.78 Å². The van der Waals surface area contributed by atoms with Crippen molar-refractivity contribution in [2.45, 2.75) is 13.0 Å². The van der Waals surface area contributed by atoms with E-state index in [1.165, 1.54) is 24.4 Å². The quantitative estimate of drug-likeness (QED) is 0.868. The number of carbonyl (C=O) groups is 1. The molecule has 0 bridgehead atoms. The van der Waals surface area contributed by atoms with Crippen LogP contribution < -0.4 is 0 Å². The maximum absolute atomic E-state index is 13.8. The van der Waals surface area contributed by atoms with Gasteiger partial charge in [-0.3, -0.25) is 14.7 Å². The van der Waals surface area contributed by atoms with Crippen LogP contribution in [0.1, 0.15) is 22.3 Å². The van der Waals surface area contributed by atoms with E-state index in [2.05, 4.69) is 9.88 Å². The highest BCUT2D eigenvalue weighted by molar-refractivity contribution is 5.94. The second kappa shape index (κ2) is 7.49. The van der Waals surface area contributed by atoms with E-state index in [1.54, 1.807) is 23.2 Å². The van der Waals surface area contributed by atoms with Crippen molar-refractivity contribution >= 4 is 5.91 Å². The lowest BCUT2D eigenvalue weighted by atomic mass is 10.2. The maximum atomic E-state index is 13.8. The summed E-state index contributed by atoms with van der Waals surface area (Å²) in [5.74, 6) is -1.12. The Balaban J connectivity index is 1.63. The van der Waals surface area contributed by atoms with Gasteiger partial charge in [-0.15, -0.1) is 0 Å². The highest BCUT2D eigenvalue weighted by Crippen LogP contribution is 2.14. The summed E-state index contributed by atoms with van der Waals surface area (Å²) in [5, 5.41) is 0. The zero-order valence-electron chi connectivity index (χ0n) is 13.3. The van der Waals surface area contributed by atoms with Crippen LogP contribution in [-0.2, 0) is 6.54 Å². The van der Waals surface area contributed by atoms with Crippen LogP contribution in [0.5, 0.6) is 0 Å². The van der Waals surface area contributed by atoms with Crippen LogP contribution >= 0.6 is 0 Å². The van der Waals surface area contributed by atoms with Crippen LogP contribution in [0.3, 0.4) is 0 Å². The SMILES string of the molecule is O=C(c1ccccc1F)N1CCCN(Cc2cncc(F)c2)CC1. The van der Waals surface area contributed by atoms with Gasteiger partial charge in [-0.25, -0.2) is 8.78 Å². The molecule has 1 aliphatic rings. The van der Waals surface area contributed by atoms with Crippen molar-refractivity contribution in [3.05, 3.63) is 65.5 Å². The topological polar surface area (TPSA) is 36.4 Å². The first kappa shape index (κ1) is 16.5. The second-order valence-electron chi connectivity index (χ2n) is 5.91. The van der Waals surface area contributed by atoms with Crippen LogP contribution in [0.25, 0.3) is 0 Å². The average Bonchev–Trinajstić information content (AvgIpc) is 2.80. The molecule has 1 amide bonds. The minimum absolute atomic E-state index is 0.111. The molecule has 24 heavy (non-hydrogen) atoms. The number of aromatic nitrogens is 1. The van der Waals surface area contributed by atoms with E-state index in [0.717, 1.165) is 18.5 Å². The van der Waals surface area contributed by atoms with Gasteiger partial charge in [-0.2, -0.15) is 0 Å². The lowest BCUT2D eigenvalue weighted by Gasteiger charge is -2.22. The molecular weight excluding hydrogens is 312 g/mol. The van der Waals surface area contributed by atoms with Crippen LogP contribution in [-0.4, -0.2) is 46.9 Å². The van der Waals surface area contributed by atoms with Crippen LogP contribution in [0.2, 0.25) is 0 Å². The fourth-order valence-corrected chi connectivity index (χ4v) is 2.94. The third-order valence-corrected chi connectivity index (χ3v) is 4.15. The van der Waals surface area contributed by atoms with E-state index in [4.69, 9.17) is 0 Å². The first-order valence-electron chi connectivity index (χ1n) is 7.99. The third kappa shape index (κ3) is 3.94. The van der Waals surface area contributed by atoms with Gasteiger partial charge in [0.2, 0.25) is 0 Å². The molecule has 1 aromatic heterocycles. The Morgan fingerprint density at radius 1 is 1.08 bits per heavy atom. The molecule has 1 fully saturated rings. The van der Waals surface area contributed by atoms with Crippen molar-refractivity contribution in [2.75, 3.05) is 26.2 Å². The van der Waals surface area contributed by atoms with Gasteiger partial charge in [0.15, 0.2) is 0 Å². The van der Waals surface area contributed by atoms with Gasteiger partial charge < -0.3 is 4.90 Å². The summed E-state index contributed by atoms with van der Waals surface area (Å²) >= 11 is 0. The summed E-state index contributed by atoms with van der Waals surface area (Å²) in [6.07, 6.45) is 3.62. The standard InChI is InChI=1S/C18H19F2N3O/c19-15-10-14(11-21-12-15)13-22-6-3-7-23(9-8-22)18(24)16-4-1-2-5-17(16)20/h1-2,4-5,10-12H,3,6-9,13H2. The van der Waals surface area contributed by atoms with Gasteiger partial charge in [-0.1, -0.05) is 12.1 Å². The second-order valence-corrected chi connectivity index (χ2v) is 5.91. The zero-order valence-corrected chi connectivity index (χ0v) is 13.3. The molecule has 0 saturated carbocycles. The molecule has 0 radical (unpaired) electrons. The molecule has 2 heterocycles. The summed E-state index contributed by atoms with van der Waals surface area (Å²) < 4.78 is 27.0. The minimum Gasteiger partial charge on any atom is -0.337 e. The molecule has 2 aromatic rings. The number of halogens is 2. The summed E-state index contributed by atoms with van der Waals surface area (Å²) in [6, 6.07) is 7.52. The van der Waals surface area contributed by atoms with Gasteiger partial charge >= 0.3 is 0 Å². The Kier molecular flexibility index (Phi) is 5.15. The minimum atomic E-state index is -0.491. The summed E-state index contributed by atoms with van der Waals surface area (Å²) in [4.78, 5) is 20.2. The molecule has 0 aliphatic carbocycles. The molecule has 1 aromatic carbocycles. The number of benzene rings is 1. The monoisotopic (exact) mass is 331 g/mol. The van der Waals surface area contributed by atoms with E-state index in [1.807, 2.05) is 0 Å². The van der Waals surface area contributed by atoms with E-state index >= 15 is 0 Å². The van der Waals surface area contributed by atoms with Crippen LogP contribution in [0, 0.1) is 11.6 Å². The van der Waals surface area contributed by atoms with Crippen molar-refractivity contribution in [2.24, 2.45) is 0 Å². The van der Waals surface area contributed by atoms with Gasteiger partial charge in [0.25, 0.3) is 5.91 Å². The van der Waals surface area contributed by atoms with Crippen molar-refractivity contribution in [3.63, 3.8) is 0 Å². The Labute approximate surface area is 139 Å². The fraction of sp³-hybridized carbons (Fsp3) is 0.333. The molecule has 1 aliphatic heterocycles. The Hall–Kier alpha value is -2.34. The van der Waals surface area contributed by atoms with E-state index < -0.39 is 5.82 Å². The molecule has 6 heteroatoms. The number of rotatable bonds is 3. The van der Waals surface area contributed by atoms with E-state index in [9.17, 15) is 13.6 Å². The molecule has 3 rings (SSSR count). The maximum Gasteiger partial charge on any atom is 0.256 e.